The van der Waals surface area contributed by atoms with E-state index in [-0.39, 0.29) is 16.8 Å². The van der Waals surface area contributed by atoms with Crippen molar-refractivity contribution >= 4 is 40.9 Å². The molecule has 27 heavy (non-hydrogen) atoms. The number of hydrogen-bond acceptors (Lipinski definition) is 7. The number of amides is 1. The Morgan fingerprint density at radius 1 is 1.37 bits per heavy atom. The van der Waals surface area contributed by atoms with Gasteiger partial charge in [-0.05, 0) is 18.1 Å². The van der Waals surface area contributed by atoms with Crippen LogP contribution < -0.4 is 10.2 Å². The fourth-order valence-corrected chi connectivity index (χ4v) is 3.62. The third-order valence-corrected chi connectivity index (χ3v) is 5.17. The van der Waals surface area contributed by atoms with Crippen LogP contribution in [-0.2, 0) is 16.1 Å². The predicted molar refractivity (Wildman–Crippen MR) is 106 cm³/mol. The molecular formula is C17H23ClN6O2S. The van der Waals surface area contributed by atoms with Crippen LogP contribution in [0.2, 0.25) is 5.15 Å². The molecule has 10 heteroatoms. The first-order valence-corrected chi connectivity index (χ1v) is 10.2. The molecule has 0 radical (unpaired) electrons. The maximum atomic E-state index is 12.3. The zero-order valence-electron chi connectivity index (χ0n) is 15.4. The van der Waals surface area contributed by atoms with E-state index in [9.17, 15) is 4.79 Å². The normalized spacial score (nSPS) is 14.6. The molecule has 0 saturated carbocycles. The number of hydrogen-bond donors (Lipinski definition) is 1. The van der Waals surface area contributed by atoms with Crippen molar-refractivity contribution in [1.29, 1.82) is 0 Å². The topological polar surface area (TPSA) is 85.2 Å². The number of rotatable bonds is 7. The first kappa shape index (κ1) is 19.9. The largest absolute Gasteiger partial charge is 0.378 e. The summed E-state index contributed by atoms with van der Waals surface area (Å²) in [7, 11) is 0. The highest BCUT2D eigenvalue weighted by Gasteiger charge is 2.21. The number of morpholine rings is 1. The summed E-state index contributed by atoms with van der Waals surface area (Å²) >= 11 is 7.35. The first-order valence-electron chi connectivity index (χ1n) is 8.83. The summed E-state index contributed by atoms with van der Waals surface area (Å²) in [4.78, 5) is 18.4. The summed E-state index contributed by atoms with van der Waals surface area (Å²) in [5.41, 5.74) is 0.502. The number of carbonyl (C=O) groups is 1. The van der Waals surface area contributed by atoms with Crippen LogP contribution in [0.3, 0.4) is 0 Å². The summed E-state index contributed by atoms with van der Waals surface area (Å²) in [5, 5.41) is 12.5. The molecule has 2 aromatic rings. The van der Waals surface area contributed by atoms with Crippen LogP contribution in [-0.4, -0.2) is 57.7 Å². The van der Waals surface area contributed by atoms with Gasteiger partial charge in [-0.2, -0.15) is 0 Å². The van der Waals surface area contributed by atoms with Gasteiger partial charge in [-0.25, -0.2) is 4.98 Å². The second kappa shape index (κ2) is 9.38. The fourth-order valence-electron chi connectivity index (χ4n) is 2.71. The molecule has 1 saturated heterocycles. The Labute approximate surface area is 167 Å². The molecule has 0 aliphatic carbocycles. The van der Waals surface area contributed by atoms with Gasteiger partial charge >= 0.3 is 0 Å². The average Bonchev–Trinajstić information content (AvgIpc) is 3.04. The lowest BCUT2D eigenvalue weighted by molar-refractivity contribution is -0.113. The van der Waals surface area contributed by atoms with Gasteiger partial charge in [-0.15, -0.1) is 10.2 Å². The van der Waals surface area contributed by atoms with E-state index in [1.165, 1.54) is 11.8 Å². The quantitative estimate of drug-likeness (QED) is 0.554. The highest BCUT2D eigenvalue weighted by molar-refractivity contribution is 7.99. The number of pyridine rings is 1. The number of carbonyl (C=O) groups excluding carboxylic acids is 1. The van der Waals surface area contributed by atoms with Gasteiger partial charge in [0.15, 0.2) is 10.3 Å². The Hall–Kier alpha value is -1.84. The SMILES string of the molecule is CC(C)Cn1c(SCC(=O)Nc2cccnc2Cl)nnc1N1CCOCC1. The number of nitrogens with zero attached hydrogens (tertiary/aromatic N) is 5. The highest BCUT2D eigenvalue weighted by Crippen LogP contribution is 2.25. The first-order chi connectivity index (χ1) is 13.0. The van der Waals surface area contributed by atoms with Gasteiger partial charge in [-0.1, -0.05) is 37.2 Å². The van der Waals surface area contributed by atoms with Crippen LogP contribution in [0.15, 0.2) is 23.5 Å². The van der Waals surface area contributed by atoms with Gasteiger partial charge in [0.2, 0.25) is 11.9 Å². The number of nitrogens with one attached hydrogen (secondary N) is 1. The molecule has 1 aliphatic heterocycles. The molecule has 0 spiro atoms. The third-order valence-electron chi connectivity index (χ3n) is 3.90. The van der Waals surface area contributed by atoms with E-state index in [0.717, 1.165) is 30.7 Å². The molecule has 3 rings (SSSR count). The molecule has 0 bridgehead atoms. The van der Waals surface area contributed by atoms with Crippen LogP contribution >= 0.6 is 23.4 Å². The van der Waals surface area contributed by atoms with Crippen molar-refractivity contribution in [2.75, 3.05) is 42.3 Å². The Morgan fingerprint density at radius 2 is 2.15 bits per heavy atom. The minimum Gasteiger partial charge on any atom is -0.378 e. The Balaban J connectivity index is 1.67. The molecule has 146 valence electrons. The zero-order valence-corrected chi connectivity index (χ0v) is 17.0. The van der Waals surface area contributed by atoms with Gasteiger partial charge in [0.1, 0.15) is 0 Å². The molecule has 2 aromatic heterocycles. The molecule has 1 N–H and O–H groups in total. The summed E-state index contributed by atoms with van der Waals surface area (Å²) in [6.45, 7) is 8.04. The summed E-state index contributed by atoms with van der Waals surface area (Å²) in [5.74, 6) is 1.32. The van der Waals surface area contributed by atoms with Crippen LogP contribution in [0, 0.1) is 5.92 Å². The minimum atomic E-state index is -0.165. The second-order valence-corrected chi connectivity index (χ2v) is 7.87. The maximum absolute atomic E-state index is 12.3. The van der Waals surface area contributed by atoms with Gasteiger partial charge in [0.25, 0.3) is 0 Å². The van der Waals surface area contributed by atoms with E-state index in [1.807, 2.05) is 0 Å². The lowest BCUT2D eigenvalue weighted by atomic mass is 10.2. The van der Waals surface area contributed by atoms with Crippen molar-refractivity contribution < 1.29 is 9.53 Å². The van der Waals surface area contributed by atoms with Crippen molar-refractivity contribution in [2.45, 2.75) is 25.5 Å². The Bertz CT molecular complexity index is 779. The number of halogens is 1. The summed E-state index contributed by atoms with van der Waals surface area (Å²) in [6.07, 6.45) is 1.58. The minimum absolute atomic E-state index is 0.165. The lowest BCUT2D eigenvalue weighted by Gasteiger charge is -2.28. The maximum Gasteiger partial charge on any atom is 0.234 e. The van der Waals surface area contributed by atoms with Gasteiger partial charge in [0, 0.05) is 25.8 Å². The standard InChI is InChI=1S/C17H23ClN6O2S/c1-12(2)10-24-16(23-6-8-26-9-7-23)21-22-17(24)27-11-14(25)20-13-4-3-5-19-15(13)18/h3-5,12H,6-11H2,1-2H3,(H,20,25). The molecule has 1 amide bonds. The smallest absolute Gasteiger partial charge is 0.234 e. The van der Waals surface area contributed by atoms with Crippen molar-refractivity contribution in [2.24, 2.45) is 5.92 Å². The summed E-state index contributed by atoms with van der Waals surface area (Å²) < 4.78 is 7.51. The van der Waals surface area contributed by atoms with E-state index in [0.29, 0.717) is 24.8 Å². The van der Waals surface area contributed by atoms with Crippen molar-refractivity contribution in [3.8, 4) is 0 Å². The number of thioether (sulfide) groups is 1. The second-order valence-electron chi connectivity index (χ2n) is 6.57. The molecule has 3 heterocycles. The molecule has 1 fully saturated rings. The number of aromatic nitrogens is 4. The molecule has 0 aromatic carbocycles. The van der Waals surface area contributed by atoms with Gasteiger partial charge in [-0.3, -0.25) is 9.36 Å². The predicted octanol–water partition coefficient (Wildman–Crippen LogP) is 2.55. The zero-order chi connectivity index (χ0) is 19.2. The van der Waals surface area contributed by atoms with Gasteiger partial charge in [0.05, 0.1) is 24.7 Å². The van der Waals surface area contributed by atoms with Crippen LogP contribution in [0.25, 0.3) is 0 Å². The number of anilines is 2. The molecule has 0 atom stereocenters. The highest BCUT2D eigenvalue weighted by atomic mass is 35.5. The van der Waals surface area contributed by atoms with E-state index in [2.05, 4.69) is 43.8 Å². The van der Waals surface area contributed by atoms with E-state index >= 15 is 0 Å². The molecule has 1 aliphatic rings. The lowest BCUT2D eigenvalue weighted by Crippen LogP contribution is -2.38. The van der Waals surface area contributed by atoms with Crippen molar-refractivity contribution in [3.63, 3.8) is 0 Å². The molecule has 0 unspecified atom stereocenters. The fraction of sp³-hybridized carbons (Fsp3) is 0.529. The Morgan fingerprint density at radius 3 is 2.85 bits per heavy atom. The molecular weight excluding hydrogens is 388 g/mol. The van der Waals surface area contributed by atoms with E-state index < -0.39 is 0 Å². The van der Waals surface area contributed by atoms with Gasteiger partial charge < -0.3 is 15.0 Å². The third kappa shape index (κ3) is 5.33. The Kier molecular flexibility index (Phi) is 6.92. The summed E-state index contributed by atoms with van der Waals surface area (Å²) in [6, 6.07) is 3.44. The number of ether oxygens (including phenoxy) is 1. The van der Waals surface area contributed by atoms with E-state index in [1.54, 1.807) is 18.3 Å². The molecule has 8 nitrogen and oxygen atoms in total. The van der Waals surface area contributed by atoms with Crippen molar-refractivity contribution in [1.82, 2.24) is 19.7 Å². The van der Waals surface area contributed by atoms with Crippen LogP contribution in [0.5, 0.6) is 0 Å². The monoisotopic (exact) mass is 410 g/mol. The van der Waals surface area contributed by atoms with E-state index in [4.69, 9.17) is 16.3 Å². The van der Waals surface area contributed by atoms with Crippen LogP contribution in [0.4, 0.5) is 11.6 Å². The van der Waals surface area contributed by atoms with Crippen LogP contribution in [0.1, 0.15) is 13.8 Å². The van der Waals surface area contributed by atoms with Crippen molar-refractivity contribution in [3.05, 3.63) is 23.5 Å². The average molecular weight is 411 g/mol.